The number of alkyl halides is 6. The Balaban J connectivity index is 0.00000300. The number of hydrogen-bond donors (Lipinski definition) is 0. The summed E-state index contributed by atoms with van der Waals surface area (Å²) < 4.78 is 76.3. The lowest BCUT2D eigenvalue weighted by Crippen LogP contribution is -2.47. The molecular weight excluding hydrogens is 469 g/mol. The van der Waals surface area contributed by atoms with Gasteiger partial charge in [0, 0.05) is 38.6 Å². The molecule has 0 spiro atoms. The Kier molecular flexibility index (Phi) is 7.01. The molecule has 1 aliphatic rings. The molecule has 0 amide bonds. The van der Waals surface area contributed by atoms with E-state index in [9.17, 15) is 26.3 Å². The Bertz CT molecular complexity index is 795. The first-order valence-electron chi connectivity index (χ1n) is 7.92. The topological polar surface area (TPSA) is 32.3 Å². The van der Waals surface area contributed by atoms with Crippen LogP contribution in [0.2, 0.25) is 10.0 Å². The van der Waals surface area contributed by atoms with Gasteiger partial charge in [0.2, 0.25) is 0 Å². The zero-order valence-electron chi connectivity index (χ0n) is 14.4. The van der Waals surface area contributed by atoms with Gasteiger partial charge < -0.3 is 9.80 Å². The summed E-state index contributed by atoms with van der Waals surface area (Å²) in [5.41, 5.74) is -1.89. The van der Waals surface area contributed by atoms with Gasteiger partial charge in [-0.3, -0.25) is 0 Å². The molecule has 4 nitrogen and oxygen atoms in total. The van der Waals surface area contributed by atoms with Crippen LogP contribution in [0.15, 0.2) is 24.5 Å². The number of anilines is 2. The maximum Gasteiger partial charge on any atom is 0.417 e. The highest BCUT2D eigenvalue weighted by molar-refractivity contribution is 6.33. The third-order valence-corrected chi connectivity index (χ3v) is 4.73. The van der Waals surface area contributed by atoms with Gasteiger partial charge in [-0.2, -0.15) is 26.3 Å². The van der Waals surface area contributed by atoms with Gasteiger partial charge in [-0.05, 0) is 12.1 Å². The minimum atomic E-state index is -4.54. The Hall–Kier alpha value is -1.65. The van der Waals surface area contributed by atoms with E-state index >= 15 is 0 Å². The second-order valence-corrected chi connectivity index (χ2v) is 6.84. The number of nitrogens with zero attached hydrogens (tertiary/aromatic N) is 4. The van der Waals surface area contributed by atoms with Crippen molar-refractivity contribution in [1.29, 1.82) is 0 Å². The lowest BCUT2D eigenvalue weighted by atomic mass is 10.2. The quantitative estimate of drug-likeness (QED) is 0.525. The van der Waals surface area contributed by atoms with E-state index in [1.165, 1.54) is 0 Å². The zero-order valence-corrected chi connectivity index (χ0v) is 16.7. The van der Waals surface area contributed by atoms with Crippen LogP contribution in [0.1, 0.15) is 11.1 Å². The smallest absolute Gasteiger partial charge is 0.352 e. The summed E-state index contributed by atoms with van der Waals surface area (Å²) in [6.45, 7) is 1.32. The van der Waals surface area contributed by atoms with Crippen molar-refractivity contribution >= 4 is 47.2 Å². The SMILES string of the molecule is Cl.FC(F)(F)c1cnc(N2CCN(c3ncc(C(F)(F)F)cc3Cl)CC2)c(Cl)c1. The monoisotopic (exact) mass is 480 g/mol. The summed E-state index contributed by atoms with van der Waals surface area (Å²) in [6.07, 6.45) is -7.67. The average molecular weight is 482 g/mol. The summed E-state index contributed by atoms with van der Waals surface area (Å²) in [7, 11) is 0. The van der Waals surface area contributed by atoms with Crippen molar-refractivity contribution < 1.29 is 26.3 Å². The van der Waals surface area contributed by atoms with E-state index in [1.807, 2.05) is 0 Å². The van der Waals surface area contributed by atoms with Crippen molar-refractivity contribution in [2.24, 2.45) is 0 Å². The summed E-state index contributed by atoms with van der Waals surface area (Å²) >= 11 is 11.9. The molecule has 0 atom stereocenters. The van der Waals surface area contributed by atoms with Gasteiger partial charge in [0.1, 0.15) is 11.6 Å². The number of aromatic nitrogens is 2. The predicted octanol–water partition coefficient (Wildman–Crippen LogP) is 5.57. The van der Waals surface area contributed by atoms with E-state index in [4.69, 9.17) is 23.2 Å². The van der Waals surface area contributed by atoms with Gasteiger partial charge in [-0.1, -0.05) is 23.2 Å². The number of rotatable bonds is 2. The van der Waals surface area contributed by atoms with Crippen LogP contribution in [0.25, 0.3) is 0 Å². The van der Waals surface area contributed by atoms with Crippen LogP contribution in [0, 0.1) is 0 Å². The molecule has 0 bridgehead atoms. The molecule has 29 heavy (non-hydrogen) atoms. The maximum atomic E-state index is 12.7. The molecule has 0 aliphatic carbocycles. The second kappa shape index (κ2) is 8.61. The van der Waals surface area contributed by atoms with Crippen molar-refractivity contribution in [1.82, 2.24) is 9.97 Å². The van der Waals surface area contributed by atoms with Gasteiger partial charge in [0.05, 0.1) is 21.2 Å². The molecule has 160 valence electrons. The fourth-order valence-electron chi connectivity index (χ4n) is 2.77. The highest BCUT2D eigenvalue weighted by Crippen LogP contribution is 2.35. The van der Waals surface area contributed by atoms with Crippen LogP contribution >= 0.6 is 35.6 Å². The first-order valence-corrected chi connectivity index (χ1v) is 8.68. The summed E-state index contributed by atoms with van der Waals surface area (Å²) in [5.74, 6) is 0.418. The predicted molar refractivity (Wildman–Crippen MR) is 100 cm³/mol. The Morgan fingerprint density at radius 2 is 1.00 bits per heavy atom. The standard InChI is InChI=1S/C16H12Cl2F6N4.ClH/c17-11-5-9(15(19,20)21)7-25-13(11)27-1-2-28(4-3-27)14-12(18)6-10(8-26-14)16(22,23)24;/h5-8H,1-4H2;1H. The normalized spacial score (nSPS) is 15.3. The van der Waals surface area contributed by atoms with Gasteiger partial charge in [-0.15, -0.1) is 12.4 Å². The summed E-state index contributed by atoms with van der Waals surface area (Å²) in [4.78, 5) is 11.0. The molecule has 2 aromatic rings. The van der Waals surface area contributed by atoms with Crippen LogP contribution in [-0.2, 0) is 12.4 Å². The third kappa shape index (κ3) is 5.29. The minimum absolute atomic E-state index is 0. The second-order valence-electron chi connectivity index (χ2n) is 6.03. The minimum Gasteiger partial charge on any atom is -0.352 e. The van der Waals surface area contributed by atoms with Crippen LogP contribution in [0.3, 0.4) is 0 Å². The van der Waals surface area contributed by atoms with Crippen molar-refractivity contribution in [3.8, 4) is 0 Å². The van der Waals surface area contributed by atoms with E-state index < -0.39 is 23.5 Å². The highest BCUT2D eigenvalue weighted by Gasteiger charge is 2.33. The Labute approximate surface area is 177 Å². The van der Waals surface area contributed by atoms with Gasteiger partial charge in [-0.25, -0.2) is 9.97 Å². The molecule has 0 unspecified atom stereocenters. The summed E-state index contributed by atoms with van der Waals surface area (Å²) in [6, 6.07) is 1.62. The zero-order chi connectivity index (χ0) is 20.7. The molecular formula is C16H13Cl3F6N4. The molecule has 0 aromatic carbocycles. The summed E-state index contributed by atoms with van der Waals surface area (Å²) in [5, 5.41) is -0.261. The molecule has 1 saturated heterocycles. The molecule has 3 rings (SSSR count). The van der Waals surface area contributed by atoms with E-state index in [0.29, 0.717) is 38.6 Å². The van der Waals surface area contributed by atoms with Gasteiger partial charge in [0.15, 0.2) is 0 Å². The molecule has 1 aliphatic heterocycles. The van der Waals surface area contributed by atoms with Crippen LogP contribution in [-0.4, -0.2) is 36.1 Å². The maximum absolute atomic E-state index is 12.7. The Morgan fingerprint density at radius 1 is 0.690 bits per heavy atom. The lowest BCUT2D eigenvalue weighted by molar-refractivity contribution is -0.138. The van der Waals surface area contributed by atoms with Gasteiger partial charge in [0.25, 0.3) is 0 Å². The fraction of sp³-hybridized carbons (Fsp3) is 0.375. The van der Waals surface area contributed by atoms with E-state index in [-0.39, 0.29) is 34.1 Å². The van der Waals surface area contributed by atoms with Crippen molar-refractivity contribution in [3.05, 3.63) is 45.7 Å². The number of halogens is 9. The lowest BCUT2D eigenvalue weighted by Gasteiger charge is -2.36. The van der Waals surface area contributed by atoms with E-state index in [1.54, 1.807) is 9.80 Å². The van der Waals surface area contributed by atoms with E-state index in [2.05, 4.69) is 9.97 Å². The van der Waals surface area contributed by atoms with Crippen molar-refractivity contribution in [3.63, 3.8) is 0 Å². The number of hydrogen-bond acceptors (Lipinski definition) is 4. The highest BCUT2D eigenvalue weighted by atomic mass is 35.5. The third-order valence-electron chi connectivity index (χ3n) is 4.18. The Morgan fingerprint density at radius 3 is 1.24 bits per heavy atom. The number of pyridine rings is 2. The first kappa shape index (κ1) is 23.6. The van der Waals surface area contributed by atoms with Crippen molar-refractivity contribution in [2.75, 3.05) is 36.0 Å². The number of piperazine rings is 1. The van der Waals surface area contributed by atoms with Crippen LogP contribution in [0.5, 0.6) is 0 Å². The molecule has 1 fully saturated rings. The van der Waals surface area contributed by atoms with E-state index in [0.717, 1.165) is 12.1 Å². The van der Waals surface area contributed by atoms with Gasteiger partial charge >= 0.3 is 12.4 Å². The molecule has 2 aromatic heterocycles. The van der Waals surface area contributed by atoms with Crippen molar-refractivity contribution in [2.45, 2.75) is 12.4 Å². The average Bonchev–Trinajstić information content (AvgIpc) is 2.60. The molecule has 0 radical (unpaired) electrons. The van der Waals surface area contributed by atoms with Crippen LogP contribution < -0.4 is 9.80 Å². The first-order chi connectivity index (χ1) is 13.0. The molecule has 0 saturated carbocycles. The largest absolute Gasteiger partial charge is 0.417 e. The molecule has 13 heteroatoms. The fourth-order valence-corrected chi connectivity index (χ4v) is 3.34. The molecule has 3 heterocycles. The van der Waals surface area contributed by atoms with Crippen LogP contribution in [0.4, 0.5) is 38.0 Å². The molecule has 0 N–H and O–H groups in total.